The molecule has 0 aromatic heterocycles. The van der Waals surface area contributed by atoms with Crippen molar-refractivity contribution in [1.82, 2.24) is 5.32 Å². The molecule has 0 unspecified atom stereocenters. The van der Waals surface area contributed by atoms with E-state index in [4.69, 9.17) is 19.8 Å². The van der Waals surface area contributed by atoms with Gasteiger partial charge in [0.15, 0.2) is 0 Å². The molecule has 0 atom stereocenters. The summed E-state index contributed by atoms with van der Waals surface area (Å²) in [5.74, 6) is -1.75. The van der Waals surface area contributed by atoms with Crippen molar-refractivity contribution in [2.75, 3.05) is 7.05 Å². The van der Waals surface area contributed by atoms with E-state index in [0.717, 1.165) is 13.8 Å². The first-order valence-corrected chi connectivity index (χ1v) is 4.37. The number of amides is 1. The number of carbonyl (C=O) groups excluding carboxylic acids is 2. The number of hydrogen-bond acceptors (Lipinski definition) is 4. The maximum atomic E-state index is 9.70. The Hall–Kier alpha value is -0.946. The Bertz CT molecular complexity index is 204. The monoisotopic (exact) mass is 370 g/mol. The third kappa shape index (κ3) is 3960. The number of rotatable bonds is 0. The maximum absolute atomic E-state index is 9.70. The molecule has 0 aromatic rings. The number of carboxylic acids is 2. The van der Waals surface area contributed by atoms with Crippen LogP contribution in [0.3, 0.4) is 0 Å². The first-order valence-electron chi connectivity index (χ1n) is 4.37. The summed E-state index contributed by atoms with van der Waals surface area (Å²) in [4.78, 5) is 37.0. The van der Waals surface area contributed by atoms with Gasteiger partial charge >= 0.3 is 0 Å². The van der Waals surface area contributed by atoms with E-state index in [1.54, 1.807) is 7.05 Å². The van der Waals surface area contributed by atoms with E-state index in [1.165, 1.54) is 13.8 Å². The molecule has 0 saturated carbocycles. The molecule has 121 valence electrons. The quantitative estimate of drug-likeness (QED) is 0.555. The van der Waals surface area contributed by atoms with Crippen LogP contribution in [0.15, 0.2) is 0 Å². The van der Waals surface area contributed by atoms with Gasteiger partial charge in [-0.25, -0.2) is 0 Å². The Morgan fingerprint density at radius 1 is 0.900 bits per heavy atom. The van der Waals surface area contributed by atoms with Crippen molar-refractivity contribution < 1.29 is 62.1 Å². The predicted molar refractivity (Wildman–Crippen MR) is 75.5 cm³/mol. The van der Waals surface area contributed by atoms with E-state index in [1.807, 2.05) is 0 Å². The third-order valence-corrected chi connectivity index (χ3v) is 0.352. The van der Waals surface area contributed by atoms with Gasteiger partial charge in [0.05, 0.1) is 0 Å². The minimum Gasteiger partial charge on any atom is -0.481 e. The molecule has 0 fully saturated rings. The molecule has 0 bridgehead atoms. The third-order valence-electron chi connectivity index (χ3n) is 0.352. The molecule has 3 N–H and O–H groups in total. The SMILES string of the molecule is C.CC(=O)O.CC(=O)O.CNC(C)=O.[CH2-]C(C)=O.[CH3-].[Y]. The van der Waals surface area contributed by atoms with E-state index >= 15 is 0 Å². The number of carboxylic acid groups (broad SMARTS) is 2. The zero-order chi connectivity index (χ0) is 15.0. The Balaban J connectivity index is -0.0000000216. The molecule has 20 heavy (non-hydrogen) atoms. The van der Waals surface area contributed by atoms with Crippen LogP contribution in [-0.4, -0.2) is 40.9 Å². The molecular formula is C12H27NO6Y-2. The van der Waals surface area contributed by atoms with Gasteiger partial charge in [-0.05, 0) is 12.7 Å². The van der Waals surface area contributed by atoms with Gasteiger partial charge in [-0.3, -0.25) is 14.4 Å². The van der Waals surface area contributed by atoms with Crippen molar-refractivity contribution in [3.8, 4) is 0 Å². The van der Waals surface area contributed by atoms with Crippen LogP contribution in [-0.2, 0) is 51.9 Å². The summed E-state index contributed by atoms with van der Waals surface area (Å²) in [6.07, 6.45) is 0. The molecule has 7 nitrogen and oxygen atoms in total. The van der Waals surface area contributed by atoms with Crippen molar-refractivity contribution in [1.29, 1.82) is 0 Å². The van der Waals surface area contributed by atoms with Crippen molar-refractivity contribution in [3.05, 3.63) is 14.4 Å². The summed E-state index contributed by atoms with van der Waals surface area (Å²) >= 11 is 0. The number of aliphatic carboxylic acids is 2. The normalized spacial score (nSPS) is 5.45. The first kappa shape index (κ1) is 42.7. The fourth-order valence-corrected chi connectivity index (χ4v) is 0. The maximum Gasteiger partial charge on any atom is 0.300 e. The average molecular weight is 370 g/mol. The summed E-state index contributed by atoms with van der Waals surface area (Å²) in [6, 6.07) is 0. The van der Waals surface area contributed by atoms with Crippen LogP contribution in [0.2, 0.25) is 0 Å². The molecule has 0 saturated heterocycles. The summed E-state index contributed by atoms with van der Waals surface area (Å²) in [5, 5.41) is 17.2. The fourth-order valence-electron chi connectivity index (χ4n) is 0. The number of hydrogen-bond donors (Lipinski definition) is 3. The Morgan fingerprint density at radius 2 is 0.950 bits per heavy atom. The molecule has 8 heteroatoms. The number of ketones is 1. The molecule has 0 aliphatic carbocycles. The smallest absolute Gasteiger partial charge is 0.300 e. The first-order chi connectivity index (χ1) is 7.47. The zero-order valence-corrected chi connectivity index (χ0v) is 15.2. The fraction of sp³-hybridized carbons (Fsp3) is 0.500. The topological polar surface area (TPSA) is 121 Å². The summed E-state index contributed by atoms with van der Waals surface area (Å²) in [7, 11) is 1.60. The van der Waals surface area contributed by atoms with Crippen LogP contribution < -0.4 is 5.32 Å². The van der Waals surface area contributed by atoms with Gasteiger partial charge in [-0.1, -0.05) is 7.43 Å². The second kappa shape index (κ2) is 36.1. The zero-order valence-electron chi connectivity index (χ0n) is 12.3. The molecule has 1 radical (unpaired) electrons. The van der Waals surface area contributed by atoms with Gasteiger partial charge in [0.1, 0.15) is 0 Å². The van der Waals surface area contributed by atoms with Gasteiger partial charge < -0.3 is 34.7 Å². The van der Waals surface area contributed by atoms with Crippen LogP contribution in [0.25, 0.3) is 0 Å². The summed E-state index contributed by atoms with van der Waals surface area (Å²) in [6.45, 7) is 8.06. The van der Waals surface area contributed by atoms with Gasteiger partial charge in [-0.15, -0.1) is 0 Å². The number of Topliss-reactive ketones (excluding diaryl/α,β-unsaturated/α-hetero) is 1. The minimum atomic E-state index is -0.833. The molecule has 0 rings (SSSR count). The predicted octanol–water partition coefficient (Wildman–Crippen LogP) is 1.43. The second-order valence-electron chi connectivity index (χ2n) is 2.55. The molecule has 0 spiro atoms. The van der Waals surface area contributed by atoms with Crippen LogP contribution in [0.5, 0.6) is 0 Å². The van der Waals surface area contributed by atoms with Crippen LogP contribution in [0.4, 0.5) is 0 Å². The molecule has 0 aliphatic rings. The second-order valence-corrected chi connectivity index (χ2v) is 2.55. The van der Waals surface area contributed by atoms with E-state index in [-0.39, 0.29) is 59.3 Å². The van der Waals surface area contributed by atoms with Gasteiger partial charge in [-0.2, -0.15) is 0 Å². The molecule has 0 heterocycles. The van der Waals surface area contributed by atoms with Crippen LogP contribution >= 0.6 is 0 Å². The molecule has 1 amide bonds. The summed E-state index contributed by atoms with van der Waals surface area (Å²) in [5.41, 5.74) is 0. The Kier molecular flexibility index (Phi) is 77.2. The molecular weight excluding hydrogens is 343 g/mol. The van der Waals surface area contributed by atoms with Crippen LogP contribution in [0, 0.1) is 14.4 Å². The molecule has 0 aliphatic heterocycles. The van der Waals surface area contributed by atoms with Gasteiger partial charge in [0.25, 0.3) is 11.9 Å². The van der Waals surface area contributed by atoms with E-state index in [2.05, 4.69) is 12.2 Å². The van der Waals surface area contributed by atoms with E-state index < -0.39 is 11.9 Å². The van der Waals surface area contributed by atoms with Crippen molar-refractivity contribution in [2.45, 2.75) is 35.1 Å². The standard InChI is InChI=1S/C3H7NO.C3H5O.2C2H4O2.CH4.CH3.Y/c1-3(5)4-2;1-3(2)4;2*1-2(3)4;;;/h1-2H3,(H,4,5);1H2,2H3;2*1H3,(H,3,4);1H4;1H3;/q;-1;;;;-1;. The van der Waals surface area contributed by atoms with Crippen molar-refractivity contribution in [3.63, 3.8) is 0 Å². The largest absolute Gasteiger partial charge is 0.481 e. The number of nitrogens with one attached hydrogen (secondary N) is 1. The van der Waals surface area contributed by atoms with E-state index in [0.29, 0.717) is 0 Å². The van der Waals surface area contributed by atoms with Crippen molar-refractivity contribution >= 4 is 23.6 Å². The van der Waals surface area contributed by atoms with E-state index in [9.17, 15) is 9.59 Å². The molecule has 0 aromatic carbocycles. The number of carbonyl (C=O) groups is 4. The van der Waals surface area contributed by atoms with Gasteiger partial charge in [0, 0.05) is 60.5 Å². The summed E-state index contributed by atoms with van der Waals surface area (Å²) < 4.78 is 0. The Labute approximate surface area is 147 Å². The van der Waals surface area contributed by atoms with Crippen LogP contribution in [0.1, 0.15) is 35.1 Å². The van der Waals surface area contributed by atoms with Crippen molar-refractivity contribution in [2.24, 2.45) is 0 Å². The minimum absolute atomic E-state index is 0. The van der Waals surface area contributed by atoms with Gasteiger partial charge in [0.2, 0.25) is 5.91 Å². The average Bonchev–Trinajstić information content (AvgIpc) is 2.00. The Morgan fingerprint density at radius 3 is 0.950 bits per heavy atom.